The highest BCUT2D eigenvalue weighted by Crippen LogP contribution is 2.34. The number of nitrogens with two attached hydrogens (primary N) is 1. The minimum absolute atomic E-state index is 0.436. The summed E-state index contributed by atoms with van der Waals surface area (Å²) < 4.78 is 5.52. The van der Waals surface area contributed by atoms with E-state index in [0.29, 0.717) is 36.0 Å². The van der Waals surface area contributed by atoms with Gasteiger partial charge in [0, 0.05) is 6.04 Å². The van der Waals surface area contributed by atoms with Crippen LogP contribution in [0.5, 0.6) is 5.88 Å². The predicted molar refractivity (Wildman–Crippen MR) is 77.2 cm³/mol. The molecule has 3 atom stereocenters. The number of nitrogens with one attached hydrogen (secondary N) is 1. The molecule has 1 aromatic rings. The second kappa shape index (κ2) is 6.08. The number of ether oxygens (including phenoxy) is 1. The molecule has 1 fully saturated rings. The molecule has 5 nitrogen and oxygen atoms in total. The van der Waals surface area contributed by atoms with Crippen molar-refractivity contribution in [1.29, 1.82) is 0 Å². The SMILES string of the molecule is CCCOc1ncnc(NC2CCC(C)C2C)c1N. The smallest absolute Gasteiger partial charge is 0.242 e. The van der Waals surface area contributed by atoms with Gasteiger partial charge in [-0.2, -0.15) is 4.98 Å². The molecule has 2 rings (SSSR count). The normalized spacial score (nSPS) is 26.4. The molecule has 0 spiro atoms. The van der Waals surface area contributed by atoms with E-state index >= 15 is 0 Å². The molecule has 5 heteroatoms. The second-order valence-electron chi connectivity index (χ2n) is 5.45. The molecular weight excluding hydrogens is 240 g/mol. The zero-order valence-corrected chi connectivity index (χ0v) is 12.0. The van der Waals surface area contributed by atoms with Gasteiger partial charge in [-0.15, -0.1) is 0 Å². The first kappa shape index (κ1) is 13.9. The van der Waals surface area contributed by atoms with Crippen LogP contribution in [0, 0.1) is 11.8 Å². The Morgan fingerprint density at radius 1 is 1.37 bits per heavy atom. The highest BCUT2D eigenvalue weighted by atomic mass is 16.5. The van der Waals surface area contributed by atoms with Gasteiger partial charge in [0.2, 0.25) is 5.88 Å². The number of hydrogen-bond acceptors (Lipinski definition) is 5. The van der Waals surface area contributed by atoms with E-state index < -0.39 is 0 Å². The van der Waals surface area contributed by atoms with Crippen molar-refractivity contribution >= 4 is 11.5 Å². The minimum atomic E-state index is 0.436. The number of nitrogen functional groups attached to an aromatic ring is 1. The van der Waals surface area contributed by atoms with Crippen molar-refractivity contribution < 1.29 is 4.74 Å². The molecule has 1 aliphatic carbocycles. The molecule has 19 heavy (non-hydrogen) atoms. The third-order valence-electron chi connectivity index (χ3n) is 4.08. The number of hydrogen-bond donors (Lipinski definition) is 2. The zero-order chi connectivity index (χ0) is 13.8. The molecule has 0 saturated heterocycles. The maximum atomic E-state index is 6.07. The maximum Gasteiger partial charge on any atom is 0.242 e. The van der Waals surface area contributed by atoms with Gasteiger partial charge < -0.3 is 15.8 Å². The summed E-state index contributed by atoms with van der Waals surface area (Å²) in [6, 6.07) is 0.436. The summed E-state index contributed by atoms with van der Waals surface area (Å²) in [7, 11) is 0. The number of anilines is 2. The molecular formula is C14H24N4O. The maximum absolute atomic E-state index is 6.07. The summed E-state index contributed by atoms with van der Waals surface area (Å²) in [5.74, 6) is 2.57. The van der Waals surface area contributed by atoms with Gasteiger partial charge in [0.1, 0.15) is 12.0 Å². The quantitative estimate of drug-likeness (QED) is 0.855. The molecule has 1 saturated carbocycles. The van der Waals surface area contributed by atoms with Crippen molar-refractivity contribution in [2.45, 2.75) is 46.1 Å². The van der Waals surface area contributed by atoms with Gasteiger partial charge in [-0.3, -0.25) is 0 Å². The average molecular weight is 264 g/mol. The van der Waals surface area contributed by atoms with E-state index in [2.05, 4.69) is 36.1 Å². The number of nitrogens with zero attached hydrogens (tertiary/aromatic N) is 2. The largest absolute Gasteiger partial charge is 0.476 e. The van der Waals surface area contributed by atoms with Gasteiger partial charge in [0.15, 0.2) is 5.82 Å². The van der Waals surface area contributed by atoms with Crippen molar-refractivity contribution in [1.82, 2.24) is 9.97 Å². The molecule has 0 radical (unpaired) electrons. The Hall–Kier alpha value is -1.52. The summed E-state index contributed by atoms with van der Waals surface area (Å²) in [6.45, 7) is 7.25. The van der Waals surface area contributed by atoms with Crippen molar-refractivity contribution in [2.75, 3.05) is 17.7 Å². The van der Waals surface area contributed by atoms with E-state index in [1.165, 1.54) is 12.7 Å². The fourth-order valence-corrected chi connectivity index (χ4v) is 2.55. The van der Waals surface area contributed by atoms with Crippen LogP contribution in [0.15, 0.2) is 6.33 Å². The highest BCUT2D eigenvalue weighted by Gasteiger charge is 2.30. The Balaban J connectivity index is 2.08. The molecule has 3 unspecified atom stereocenters. The van der Waals surface area contributed by atoms with Gasteiger partial charge in [0.05, 0.1) is 6.61 Å². The van der Waals surface area contributed by atoms with Crippen LogP contribution in [0.1, 0.15) is 40.0 Å². The first-order chi connectivity index (χ1) is 9.13. The molecule has 0 aromatic carbocycles. The molecule has 0 bridgehead atoms. The fraction of sp³-hybridized carbons (Fsp3) is 0.714. The standard InChI is InChI=1S/C14H24N4O/c1-4-7-19-14-12(15)13(16-8-17-14)18-11-6-5-9(2)10(11)3/h8-11H,4-7,15H2,1-3H3,(H,16,17,18). The summed E-state index contributed by atoms with van der Waals surface area (Å²) in [4.78, 5) is 8.33. The van der Waals surface area contributed by atoms with Crippen LogP contribution in [-0.4, -0.2) is 22.6 Å². The lowest BCUT2D eigenvalue weighted by Crippen LogP contribution is -2.25. The average Bonchev–Trinajstić information content (AvgIpc) is 2.72. The third kappa shape index (κ3) is 3.08. The summed E-state index contributed by atoms with van der Waals surface area (Å²) in [5, 5.41) is 3.45. The number of aromatic nitrogens is 2. The van der Waals surface area contributed by atoms with Crippen LogP contribution in [0.25, 0.3) is 0 Å². The summed E-state index contributed by atoms with van der Waals surface area (Å²) in [5.41, 5.74) is 6.59. The van der Waals surface area contributed by atoms with E-state index in [4.69, 9.17) is 10.5 Å². The topological polar surface area (TPSA) is 73.1 Å². The lowest BCUT2D eigenvalue weighted by Gasteiger charge is -2.21. The van der Waals surface area contributed by atoms with Crippen molar-refractivity contribution in [3.05, 3.63) is 6.33 Å². The molecule has 3 N–H and O–H groups in total. The molecule has 1 heterocycles. The monoisotopic (exact) mass is 264 g/mol. The van der Waals surface area contributed by atoms with Crippen LogP contribution in [0.3, 0.4) is 0 Å². The Kier molecular flexibility index (Phi) is 4.45. The third-order valence-corrected chi connectivity index (χ3v) is 4.08. The van der Waals surface area contributed by atoms with Crippen LogP contribution in [0.4, 0.5) is 11.5 Å². The highest BCUT2D eigenvalue weighted by molar-refractivity contribution is 5.66. The fourth-order valence-electron chi connectivity index (χ4n) is 2.55. The van der Waals surface area contributed by atoms with Gasteiger partial charge in [-0.25, -0.2) is 4.98 Å². The predicted octanol–water partition coefficient (Wildman–Crippen LogP) is 2.69. The Bertz CT molecular complexity index is 424. The summed E-state index contributed by atoms with van der Waals surface area (Å²) >= 11 is 0. The van der Waals surface area contributed by atoms with Crippen LogP contribution < -0.4 is 15.8 Å². The molecule has 1 aliphatic rings. The van der Waals surface area contributed by atoms with Crippen molar-refractivity contribution in [3.63, 3.8) is 0 Å². The van der Waals surface area contributed by atoms with Gasteiger partial charge >= 0.3 is 0 Å². The van der Waals surface area contributed by atoms with Gasteiger partial charge in [-0.05, 0) is 31.1 Å². The Morgan fingerprint density at radius 3 is 2.79 bits per heavy atom. The number of rotatable bonds is 5. The Labute approximate surface area is 115 Å². The molecule has 0 aliphatic heterocycles. The minimum Gasteiger partial charge on any atom is -0.476 e. The second-order valence-corrected chi connectivity index (χ2v) is 5.45. The lowest BCUT2D eigenvalue weighted by atomic mass is 9.98. The van der Waals surface area contributed by atoms with Crippen molar-refractivity contribution in [2.24, 2.45) is 11.8 Å². The molecule has 106 valence electrons. The Morgan fingerprint density at radius 2 is 2.16 bits per heavy atom. The lowest BCUT2D eigenvalue weighted by molar-refractivity contribution is 0.306. The van der Waals surface area contributed by atoms with Gasteiger partial charge in [0.25, 0.3) is 0 Å². The zero-order valence-electron chi connectivity index (χ0n) is 12.0. The molecule has 0 amide bonds. The molecule has 1 aromatic heterocycles. The summed E-state index contributed by atoms with van der Waals surface area (Å²) in [6.07, 6.45) is 4.86. The van der Waals surface area contributed by atoms with Crippen LogP contribution >= 0.6 is 0 Å². The van der Waals surface area contributed by atoms with E-state index in [9.17, 15) is 0 Å². The first-order valence-electron chi connectivity index (χ1n) is 7.13. The van der Waals surface area contributed by atoms with Gasteiger partial charge in [-0.1, -0.05) is 20.8 Å². The van der Waals surface area contributed by atoms with E-state index in [1.807, 2.05) is 0 Å². The van der Waals surface area contributed by atoms with Crippen molar-refractivity contribution in [3.8, 4) is 5.88 Å². The van der Waals surface area contributed by atoms with E-state index in [0.717, 1.165) is 18.8 Å². The first-order valence-corrected chi connectivity index (χ1v) is 7.13. The van der Waals surface area contributed by atoms with E-state index in [-0.39, 0.29) is 0 Å². The van der Waals surface area contributed by atoms with Crippen LogP contribution in [0.2, 0.25) is 0 Å². The van der Waals surface area contributed by atoms with Crippen LogP contribution in [-0.2, 0) is 0 Å². The van der Waals surface area contributed by atoms with E-state index in [1.54, 1.807) is 0 Å².